The summed E-state index contributed by atoms with van der Waals surface area (Å²) in [5.74, 6) is 0.607. The minimum atomic E-state index is 0.0295. The summed E-state index contributed by atoms with van der Waals surface area (Å²) in [7, 11) is 0. The van der Waals surface area contributed by atoms with E-state index < -0.39 is 0 Å². The SMILES string of the molecule is CCC(C)NC(=O)CCNc1cncc(Cl)n1. The molecule has 0 spiro atoms. The van der Waals surface area contributed by atoms with Crippen LogP contribution in [0.25, 0.3) is 0 Å². The molecule has 0 saturated carbocycles. The summed E-state index contributed by atoms with van der Waals surface area (Å²) < 4.78 is 0. The monoisotopic (exact) mass is 256 g/mol. The number of hydrogen-bond acceptors (Lipinski definition) is 4. The largest absolute Gasteiger partial charge is 0.368 e. The Hall–Kier alpha value is -1.36. The Kier molecular flexibility index (Phi) is 5.69. The fraction of sp³-hybridized carbons (Fsp3) is 0.545. The Morgan fingerprint density at radius 2 is 2.29 bits per heavy atom. The Balaban J connectivity index is 2.26. The highest BCUT2D eigenvalue weighted by atomic mass is 35.5. The summed E-state index contributed by atoms with van der Waals surface area (Å²) in [6.07, 6.45) is 4.36. The Morgan fingerprint density at radius 1 is 1.53 bits per heavy atom. The molecule has 6 heteroatoms. The molecule has 0 fully saturated rings. The first kappa shape index (κ1) is 13.7. The normalized spacial score (nSPS) is 11.9. The minimum absolute atomic E-state index is 0.0295. The molecular weight excluding hydrogens is 240 g/mol. The standard InChI is InChI=1S/C11H17ClN4O/c1-3-8(2)15-11(17)4-5-14-10-7-13-6-9(12)16-10/h6-8H,3-5H2,1-2H3,(H,14,16)(H,15,17). The Morgan fingerprint density at radius 3 is 2.94 bits per heavy atom. The molecule has 2 N–H and O–H groups in total. The molecule has 5 nitrogen and oxygen atoms in total. The summed E-state index contributed by atoms with van der Waals surface area (Å²) in [6, 6.07) is 0.216. The Labute approximate surface area is 106 Å². The van der Waals surface area contributed by atoms with Crippen LogP contribution in [0.4, 0.5) is 5.82 Å². The second-order valence-corrected chi connectivity index (χ2v) is 4.17. The smallest absolute Gasteiger partial charge is 0.221 e. The maximum absolute atomic E-state index is 11.5. The van der Waals surface area contributed by atoms with E-state index in [4.69, 9.17) is 11.6 Å². The molecule has 0 aliphatic carbocycles. The average molecular weight is 257 g/mol. The van der Waals surface area contributed by atoms with Crippen molar-refractivity contribution in [1.29, 1.82) is 0 Å². The summed E-state index contributed by atoms with van der Waals surface area (Å²) in [6.45, 7) is 4.52. The fourth-order valence-corrected chi connectivity index (χ4v) is 1.33. The number of anilines is 1. The van der Waals surface area contributed by atoms with Crippen LogP contribution in [0.2, 0.25) is 5.15 Å². The van der Waals surface area contributed by atoms with Gasteiger partial charge in [-0.25, -0.2) is 4.98 Å². The molecule has 0 aromatic carbocycles. The van der Waals surface area contributed by atoms with Gasteiger partial charge in [0.25, 0.3) is 0 Å². The number of amides is 1. The molecule has 1 rings (SSSR count). The van der Waals surface area contributed by atoms with Gasteiger partial charge in [0.1, 0.15) is 11.0 Å². The first-order valence-electron chi connectivity index (χ1n) is 5.62. The molecule has 1 aromatic heterocycles. The molecule has 1 aromatic rings. The predicted molar refractivity (Wildman–Crippen MR) is 68.0 cm³/mol. The number of nitrogens with zero attached hydrogens (tertiary/aromatic N) is 2. The first-order valence-corrected chi connectivity index (χ1v) is 6.00. The van der Waals surface area contributed by atoms with Gasteiger partial charge < -0.3 is 10.6 Å². The van der Waals surface area contributed by atoms with Crippen LogP contribution in [0.1, 0.15) is 26.7 Å². The van der Waals surface area contributed by atoms with Crippen molar-refractivity contribution in [1.82, 2.24) is 15.3 Å². The van der Waals surface area contributed by atoms with E-state index >= 15 is 0 Å². The highest BCUT2D eigenvalue weighted by Crippen LogP contribution is 2.06. The van der Waals surface area contributed by atoms with Crippen molar-refractivity contribution in [3.8, 4) is 0 Å². The van der Waals surface area contributed by atoms with Crippen LogP contribution in [-0.4, -0.2) is 28.5 Å². The maximum atomic E-state index is 11.5. The van der Waals surface area contributed by atoms with E-state index in [9.17, 15) is 4.79 Å². The van der Waals surface area contributed by atoms with Gasteiger partial charge in [0.15, 0.2) is 0 Å². The third-order valence-electron chi connectivity index (χ3n) is 2.28. The zero-order valence-corrected chi connectivity index (χ0v) is 10.8. The molecular formula is C11H17ClN4O. The van der Waals surface area contributed by atoms with Crippen LogP contribution in [-0.2, 0) is 4.79 Å². The van der Waals surface area contributed by atoms with Crippen molar-refractivity contribution in [3.63, 3.8) is 0 Å². The average Bonchev–Trinajstić information content (AvgIpc) is 2.29. The van der Waals surface area contributed by atoms with E-state index in [-0.39, 0.29) is 11.9 Å². The van der Waals surface area contributed by atoms with Gasteiger partial charge in [-0.2, -0.15) is 0 Å². The molecule has 0 saturated heterocycles. The summed E-state index contributed by atoms with van der Waals surface area (Å²) in [5, 5.41) is 6.21. The van der Waals surface area contributed by atoms with Crippen molar-refractivity contribution in [2.24, 2.45) is 0 Å². The molecule has 1 atom stereocenters. The van der Waals surface area contributed by atoms with Gasteiger partial charge in [-0.3, -0.25) is 9.78 Å². The van der Waals surface area contributed by atoms with Gasteiger partial charge in [0.2, 0.25) is 5.91 Å². The van der Waals surface area contributed by atoms with Gasteiger partial charge in [-0.1, -0.05) is 18.5 Å². The maximum Gasteiger partial charge on any atom is 0.221 e. The third-order valence-corrected chi connectivity index (χ3v) is 2.47. The van der Waals surface area contributed by atoms with Crippen molar-refractivity contribution < 1.29 is 4.79 Å². The van der Waals surface area contributed by atoms with Gasteiger partial charge in [-0.15, -0.1) is 0 Å². The van der Waals surface area contributed by atoms with Gasteiger partial charge in [0, 0.05) is 19.0 Å². The Bertz CT molecular complexity index is 372. The van der Waals surface area contributed by atoms with Crippen LogP contribution in [0.3, 0.4) is 0 Å². The van der Waals surface area contributed by atoms with E-state index in [1.165, 1.54) is 6.20 Å². The van der Waals surface area contributed by atoms with Crippen molar-refractivity contribution in [2.75, 3.05) is 11.9 Å². The summed E-state index contributed by atoms with van der Waals surface area (Å²) >= 11 is 5.68. The highest BCUT2D eigenvalue weighted by Gasteiger charge is 2.05. The lowest BCUT2D eigenvalue weighted by molar-refractivity contribution is -0.121. The van der Waals surface area contributed by atoms with Crippen LogP contribution >= 0.6 is 11.6 Å². The van der Waals surface area contributed by atoms with Crippen LogP contribution < -0.4 is 10.6 Å². The van der Waals surface area contributed by atoms with E-state index in [2.05, 4.69) is 20.6 Å². The van der Waals surface area contributed by atoms with Gasteiger partial charge >= 0.3 is 0 Å². The predicted octanol–water partition coefficient (Wildman–Crippen LogP) is 1.85. The number of rotatable bonds is 6. The third kappa shape index (κ3) is 5.49. The number of nitrogens with one attached hydrogen (secondary N) is 2. The lowest BCUT2D eigenvalue weighted by atomic mass is 10.2. The van der Waals surface area contributed by atoms with Crippen LogP contribution in [0.15, 0.2) is 12.4 Å². The minimum Gasteiger partial charge on any atom is -0.368 e. The van der Waals surface area contributed by atoms with Gasteiger partial charge in [0.05, 0.1) is 12.4 Å². The highest BCUT2D eigenvalue weighted by molar-refractivity contribution is 6.29. The molecule has 0 aliphatic rings. The van der Waals surface area contributed by atoms with Crippen LogP contribution in [0.5, 0.6) is 0 Å². The molecule has 17 heavy (non-hydrogen) atoms. The zero-order valence-electron chi connectivity index (χ0n) is 10.0. The topological polar surface area (TPSA) is 66.9 Å². The number of carbonyl (C=O) groups is 1. The lowest BCUT2D eigenvalue weighted by Crippen LogP contribution is -2.33. The van der Waals surface area contributed by atoms with Crippen molar-refractivity contribution >= 4 is 23.3 Å². The summed E-state index contributed by atoms with van der Waals surface area (Å²) in [5.41, 5.74) is 0. The van der Waals surface area contributed by atoms with Gasteiger partial charge in [-0.05, 0) is 13.3 Å². The molecule has 0 radical (unpaired) electrons. The first-order chi connectivity index (χ1) is 8.11. The van der Waals surface area contributed by atoms with E-state index in [1.807, 2.05) is 13.8 Å². The lowest BCUT2D eigenvalue weighted by Gasteiger charge is -2.11. The van der Waals surface area contributed by atoms with E-state index in [1.54, 1.807) is 6.20 Å². The molecule has 1 heterocycles. The number of aromatic nitrogens is 2. The second-order valence-electron chi connectivity index (χ2n) is 3.78. The van der Waals surface area contributed by atoms with E-state index in [0.717, 1.165) is 6.42 Å². The number of halogens is 1. The molecule has 1 unspecified atom stereocenters. The zero-order chi connectivity index (χ0) is 12.7. The fourth-order valence-electron chi connectivity index (χ4n) is 1.18. The molecule has 0 bridgehead atoms. The second kappa shape index (κ2) is 7.06. The van der Waals surface area contributed by atoms with Crippen LogP contribution in [0, 0.1) is 0 Å². The quantitative estimate of drug-likeness (QED) is 0.815. The van der Waals surface area contributed by atoms with Crippen molar-refractivity contribution in [3.05, 3.63) is 17.5 Å². The summed E-state index contributed by atoms with van der Waals surface area (Å²) in [4.78, 5) is 19.3. The van der Waals surface area contributed by atoms with Crippen molar-refractivity contribution in [2.45, 2.75) is 32.7 Å². The number of hydrogen-bond donors (Lipinski definition) is 2. The molecule has 1 amide bonds. The van der Waals surface area contributed by atoms with E-state index in [0.29, 0.717) is 23.9 Å². The molecule has 0 aliphatic heterocycles. The number of carbonyl (C=O) groups excluding carboxylic acids is 1. The molecule has 94 valence electrons.